The topological polar surface area (TPSA) is 58.3 Å². The maximum atomic E-state index is 4.91. The van der Waals surface area contributed by atoms with Crippen molar-refractivity contribution in [3.8, 4) is 0 Å². The van der Waals surface area contributed by atoms with E-state index in [0.717, 1.165) is 63.3 Å². The maximum absolute atomic E-state index is 4.91. The molecule has 6 nitrogen and oxygen atoms in total. The van der Waals surface area contributed by atoms with Crippen molar-refractivity contribution in [1.29, 1.82) is 0 Å². The first-order valence-corrected chi connectivity index (χ1v) is 10.6. The second-order valence-electron chi connectivity index (χ2n) is 6.93. The summed E-state index contributed by atoms with van der Waals surface area (Å²) in [6.07, 6.45) is 6.23. The lowest BCUT2D eigenvalue weighted by atomic mass is 10.00. The third-order valence-corrected chi connectivity index (χ3v) is 5.87. The van der Waals surface area contributed by atoms with Gasteiger partial charge in [-0.05, 0) is 30.2 Å². The summed E-state index contributed by atoms with van der Waals surface area (Å²) in [6.45, 7) is 9.19. The fourth-order valence-electron chi connectivity index (χ4n) is 3.24. The van der Waals surface area contributed by atoms with Crippen LogP contribution in [0.2, 0.25) is 0 Å². The quantitative estimate of drug-likeness (QED) is 0.598. The Labute approximate surface area is 160 Å². The van der Waals surface area contributed by atoms with Crippen molar-refractivity contribution in [3.63, 3.8) is 0 Å². The van der Waals surface area contributed by atoms with Crippen LogP contribution in [-0.4, -0.2) is 51.8 Å². The number of nitrogens with one attached hydrogen (secondary N) is 1. The molecule has 1 fully saturated rings. The minimum Gasteiger partial charge on any atom is -0.354 e. The Morgan fingerprint density at radius 3 is 2.96 bits per heavy atom. The Bertz CT molecular complexity index is 670. The smallest absolute Gasteiger partial charge is 0.193 e. The summed E-state index contributed by atoms with van der Waals surface area (Å²) < 4.78 is 2.12. The molecular formula is C19H30N6S. The third-order valence-electron chi connectivity index (χ3n) is 4.93. The van der Waals surface area contributed by atoms with Gasteiger partial charge < -0.3 is 14.8 Å². The van der Waals surface area contributed by atoms with Gasteiger partial charge in [-0.2, -0.15) is 0 Å². The number of aromatic nitrogens is 3. The van der Waals surface area contributed by atoms with Crippen LogP contribution in [0.4, 0.5) is 0 Å². The molecule has 0 aliphatic carbocycles. The summed E-state index contributed by atoms with van der Waals surface area (Å²) in [5.41, 5.74) is 0. The van der Waals surface area contributed by atoms with Gasteiger partial charge in [0, 0.05) is 50.4 Å². The number of thiophene rings is 1. The normalized spacial score (nSPS) is 16.2. The first kappa shape index (κ1) is 18.9. The highest BCUT2D eigenvalue weighted by Gasteiger charge is 2.18. The van der Waals surface area contributed by atoms with Crippen molar-refractivity contribution in [1.82, 2.24) is 25.0 Å². The number of hydrogen-bond acceptors (Lipinski definition) is 4. The first-order chi connectivity index (χ1) is 12.8. The molecule has 1 saturated heterocycles. The highest BCUT2D eigenvalue weighted by molar-refractivity contribution is 7.09. The standard InChI is InChI=1S/C19H30N6S/c1-3-18-23-22-15-25(18)13-10-21-19(24-11-7-16(2)8-12-24)20-9-6-17-5-4-14-26-17/h4-5,14-16H,3,6-13H2,1-2H3,(H,20,21). The lowest BCUT2D eigenvalue weighted by Gasteiger charge is -2.33. The number of aryl methyl sites for hydroxylation is 1. The van der Waals surface area contributed by atoms with Crippen LogP contribution in [0, 0.1) is 5.92 Å². The van der Waals surface area contributed by atoms with Crippen LogP contribution >= 0.6 is 11.3 Å². The van der Waals surface area contributed by atoms with Gasteiger partial charge in [0.25, 0.3) is 0 Å². The predicted octanol–water partition coefficient (Wildman–Crippen LogP) is 2.82. The fraction of sp³-hybridized carbons (Fsp3) is 0.632. The SMILES string of the molecule is CCc1nncn1CCNC(=NCCc1cccs1)N1CCC(C)CC1. The Morgan fingerprint density at radius 2 is 2.23 bits per heavy atom. The largest absolute Gasteiger partial charge is 0.354 e. The summed E-state index contributed by atoms with van der Waals surface area (Å²) in [5.74, 6) is 2.91. The molecular weight excluding hydrogens is 344 g/mol. The fourth-order valence-corrected chi connectivity index (χ4v) is 3.94. The van der Waals surface area contributed by atoms with Gasteiger partial charge in [-0.3, -0.25) is 4.99 Å². The van der Waals surface area contributed by atoms with E-state index in [1.165, 1.54) is 17.7 Å². The lowest BCUT2D eigenvalue weighted by Crippen LogP contribution is -2.46. The number of nitrogens with zero attached hydrogens (tertiary/aromatic N) is 5. The van der Waals surface area contributed by atoms with Gasteiger partial charge in [-0.15, -0.1) is 21.5 Å². The lowest BCUT2D eigenvalue weighted by molar-refractivity contribution is 0.273. The van der Waals surface area contributed by atoms with Crippen molar-refractivity contribution in [2.45, 2.75) is 46.1 Å². The number of piperidine rings is 1. The number of likely N-dealkylation sites (tertiary alicyclic amines) is 1. The molecule has 0 amide bonds. The molecule has 1 aliphatic rings. The number of guanidine groups is 1. The maximum Gasteiger partial charge on any atom is 0.193 e. The van der Waals surface area contributed by atoms with Crippen LogP contribution in [0.5, 0.6) is 0 Å². The first-order valence-electron chi connectivity index (χ1n) is 9.68. The monoisotopic (exact) mass is 374 g/mol. The molecule has 1 N–H and O–H groups in total. The average molecular weight is 375 g/mol. The molecule has 0 radical (unpaired) electrons. The molecule has 0 saturated carbocycles. The van der Waals surface area contributed by atoms with E-state index in [1.807, 2.05) is 17.7 Å². The van der Waals surface area contributed by atoms with Gasteiger partial charge in [0.2, 0.25) is 0 Å². The highest BCUT2D eigenvalue weighted by atomic mass is 32.1. The molecule has 1 aliphatic heterocycles. The van der Waals surface area contributed by atoms with Gasteiger partial charge in [0.1, 0.15) is 12.2 Å². The Morgan fingerprint density at radius 1 is 1.38 bits per heavy atom. The summed E-state index contributed by atoms with van der Waals surface area (Å²) in [6, 6.07) is 4.30. The van der Waals surface area contributed by atoms with Gasteiger partial charge in [0.15, 0.2) is 5.96 Å². The Balaban J connectivity index is 1.56. The average Bonchev–Trinajstić information content (AvgIpc) is 3.32. The second-order valence-corrected chi connectivity index (χ2v) is 7.96. The molecule has 0 atom stereocenters. The summed E-state index contributed by atoms with van der Waals surface area (Å²) in [7, 11) is 0. The molecule has 2 aromatic rings. The van der Waals surface area contributed by atoms with E-state index in [4.69, 9.17) is 4.99 Å². The van der Waals surface area contributed by atoms with E-state index >= 15 is 0 Å². The second kappa shape index (κ2) is 9.71. The number of rotatable bonds is 7. The van der Waals surface area contributed by atoms with E-state index in [9.17, 15) is 0 Å². The number of aliphatic imine (C=N–C) groups is 1. The molecule has 7 heteroatoms. The predicted molar refractivity (Wildman–Crippen MR) is 108 cm³/mol. The van der Waals surface area contributed by atoms with Crippen LogP contribution in [0.3, 0.4) is 0 Å². The summed E-state index contributed by atoms with van der Waals surface area (Å²) >= 11 is 1.81. The Hall–Kier alpha value is -1.89. The summed E-state index contributed by atoms with van der Waals surface area (Å²) in [5, 5.41) is 13.9. The van der Waals surface area contributed by atoms with Crippen LogP contribution in [-0.2, 0) is 19.4 Å². The van der Waals surface area contributed by atoms with Crippen molar-refractivity contribution in [2.75, 3.05) is 26.2 Å². The zero-order valence-electron chi connectivity index (χ0n) is 15.9. The van der Waals surface area contributed by atoms with Crippen LogP contribution in [0.25, 0.3) is 0 Å². The van der Waals surface area contributed by atoms with E-state index in [1.54, 1.807) is 0 Å². The third kappa shape index (κ3) is 5.30. The molecule has 3 rings (SSSR count). The molecule has 0 aromatic carbocycles. The van der Waals surface area contributed by atoms with Gasteiger partial charge >= 0.3 is 0 Å². The highest BCUT2D eigenvalue weighted by Crippen LogP contribution is 2.16. The van der Waals surface area contributed by atoms with E-state index in [-0.39, 0.29) is 0 Å². The minimum atomic E-state index is 0.822. The zero-order valence-corrected chi connectivity index (χ0v) is 16.7. The number of hydrogen-bond donors (Lipinski definition) is 1. The van der Waals surface area contributed by atoms with Gasteiger partial charge in [-0.1, -0.05) is 19.9 Å². The van der Waals surface area contributed by atoms with Crippen LogP contribution < -0.4 is 5.32 Å². The van der Waals surface area contributed by atoms with E-state index in [2.05, 4.69) is 56.3 Å². The van der Waals surface area contributed by atoms with Gasteiger partial charge in [0.05, 0.1) is 0 Å². The minimum absolute atomic E-state index is 0.822. The van der Waals surface area contributed by atoms with E-state index < -0.39 is 0 Å². The van der Waals surface area contributed by atoms with Crippen LogP contribution in [0.15, 0.2) is 28.8 Å². The molecule has 3 heterocycles. The van der Waals surface area contributed by atoms with Crippen molar-refractivity contribution in [2.24, 2.45) is 10.9 Å². The molecule has 2 aromatic heterocycles. The zero-order chi connectivity index (χ0) is 18.2. The molecule has 0 spiro atoms. The van der Waals surface area contributed by atoms with Crippen LogP contribution in [0.1, 0.15) is 37.4 Å². The van der Waals surface area contributed by atoms with E-state index in [0.29, 0.717) is 0 Å². The van der Waals surface area contributed by atoms with Gasteiger partial charge in [-0.25, -0.2) is 0 Å². The van der Waals surface area contributed by atoms with Crippen molar-refractivity contribution < 1.29 is 0 Å². The van der Waals surface area contributed by atoms with Crippen molar-refractivity contribution >= 4 is 17.3 Å². The molecule has 0 unspecified atom stereocenters. The summed E-state index contributed by atoms with van der Waals surface area (Å²) in [4.78, 5) is 8.72. The Kier molecular flexibility index (Phi) is 7.05. The molecule has 0 bridgehead atoms. The molecule has 142 valence electrons. The molecule has 26 heavy (non-hydrogen) atoms. The van der Waals surface area contributed by atoms with Crippen molar-refractivity contribution in [3.05, 3.63) is 34.5 Å².